The first-order valence-electron chi connectivity index (χ1n) is 16.4. The number of fused-ring (bicyclic) bond motifs is 3. The van der Waals surface area contributed by atoms with Gasteiger partial charge in [-0.3, -0.25) is 19.2 Å². The minimum atomic E-state index is -1.81. The van der Waals surface area contributed by atoms with Gasteiger partial charge in [0.2, 0.25) is 18.6 Å². The lowest BCUT2D eigenvalue weighted by molar-refractivity contribution is -0.159. The minimum Gasteiger partial charge on any atom is -0.481 e. The average Bonchev–Trinajstić information content (AvgIpc) is 3.76. The quantitative estimate of drug-likeness (QED) is 0.108. The predicted octanol–water partition coefficient (Wildman–Crippen LogP) is 6.58. The van der Waals surface area contributed by atoms with Gasteiger partial charge in [-0.25, -0.2) is 4.98 Å². The number of nitrogens with zero attached hydrogens (tertiary/aromatic N) is 2. The molecule has 0 radical (unpaired) electrons. The monoisotopic (exact) mass is 692 g/mol. The van der Waals surface area contributed by atoms with Gasteiger partial charge in [0, 0.05) is 24.9 Å². The molecule has 4 unspecified atom stereocenters. The zero-order valence-electron chi connectivity index (χ0n) is 27.7. The Kier molecular flexibility index (Phi) is 10.3. The van der Waals surface area contributed by atoms with Crippen LogP contribution in [0.25, 0.3) is 27.9 Å². The summed E-state index contributed by atoms with van der Waals surface area (Å²) < 4.78 is 17.1. The van der Waals surface area contributed by atoms with Gasteiger partial charge in [0.25, 0.3) is 0 Å². The van der Waals surface area contributed by atoms with Crippen molar-refractivity contribution in [2.24, 2.45) is 11.8 Å². The number of hydrogen-bond acceptors (Lipinski definition) is 8. The van der Waals surface area contributed by atoms with Crippen LogP contribution >= 0.6 is 0 Å². The van der Waals surface area contributed by atoms with Crippen LogP contribution in [-0.4, -0.2) is 61.9 Å². The maximum atomic E-state index is 14.3. The van der Waals surface area contributed by atoms with Crippen molar-refractivity contribution < 1.29 is 48.4 Å². The fraction of sp³-hybridized carbons (Fsp3) is 0.256. The van der Waals surface area contributed by atoms with E-state index in [0.29, 0.717) is 34.9 Å². The number of hydrogen-bond donors (Lipinski definition) is 3. The molecule has 1 aromatic heterocycles. The molecule has 5 aromatic rings. The van der Waals surface area contributed by atoms with Crippen LogP contribution in [0.3, 0.4) is 0 Å². The number of benzene rings is 4. The molecule has 6 rings (SSSR count). The zero-order valence-corrected chi connectivity index (χ0v) is 27.7. The van der Waals surface area contributed by atoms with Gasteiger partial charge in [0.15, 0.2) is 17.1 Å². The molecule has 0 bridgehead atoms. The summed E-state index contributed by atoms with van der Waals surface area (Å²) in [6, 6.07) is 25.8. The molecule has 12 nitrogen and oxygen atoms in total. The number of aromatic nitrogens is 1. The molecule has 0 saturated heterocycles. The lowest BCUT2D eigenvalue weighted by Gasteiger charge is -2.36. The van der Waals surface area contributed by atoms with Crippen LogP contribution in [0.4, 0.5) is 0 Å². The predicted molar refractivity (Wildman–Crippen MR) is 186 cm³/mol. The van der Waals surface area contributed by atoms with E-state index < -0.39 is 54.5 Å². The van der Waals surface area contributed by atoms with Crippen molar-refractivity contribution in [3.8, 4) is 11.5 Å². The van der Waals surface area contributed by atoms with Gasteiger partial charge >= 0.3 is 17.9 Å². The highest BCUT2D eigenvalue weighted by Gasteiger charge is 2.39. The molecule has 0 fully saturated rings. The first-order chi connectivity index (χ1) is 24.6. The van der Waals surface area contributed by atoms with Crippen molar-refractivity contribution in [3.05, 3.63) is 108 Å². The van der Waals surface area contributed by atoms with Crippen LogP contribution in [-0.2, 0) is 25.7 Å². The molecule has 2 heterocycles. The van der Waals surface area contributed by atoms with Crippen molar-refractivity contribution in [3.63, 3.8) is 0 Å². The van der Waals surface area contributed by atoms with Crippen LogP contribution in [0.15, 0.2) is 95.4 Å². The Morgan fingerprint density at radius 1 is 0.824 bits per heavy atom. The number of para-hydroxylation sites is 2. The summed E-state index contributed by atoms with van der Waals surface area (Å²) in [5, 5.41) is 31.2. The van der Waals surface area contributed by atoms with Gasteiger partial charge in [0.05, 0.1) is 18.3 Å². The van der Waals surface area contributed by atoms with Gasteiger partial charge in [0.1, 0.15) is 5.52 Å². The highest BCUT2D eigenvalue weighted by atomic mass is 16.7. The summed E-state index contributed by atoms with van der Waals surface area (Å²) in [7, 11) is 0. The van der Waals surface area contributed by atoms with E-state index in [1.807, 2.05) is 91.9 Å². The van der Waals surface area contributed by atoms with E-state index in [0.717, 1.165) is 21.9 Å². The number of aliphatic carboxylic acids is 3. The highest BCUT2D eigenvalue weighted by Crippen LogP contribution is 2.38. The first kappa shape index (κ1) is 34.7. The molecule has 3 N–H and O–H groups in total. The van der Waals surface area contributed by atoms with Gasteiger partial charge in [-0.1, -0.05) is 60.7 Å². The summed E-state index contributed by atoms with van der Waals surface area (Å²) in [6.07, 6.45) is 2.37. The average molecular weight is 693 g/mol. The lowest BCUT2D eigenvalue weighted by Crippen LogP contribution is -2.44. The summed E-state index contributed by atoms with van der Waals surface area (Å²) in [4.78, 5) is 56.4. The molecular formula is C39H36N2O10. The number of rotatable bonds is 15. The van der Waals surface area contributed by atoms with Gasteiger partial charge in [-0.2, -0.15) is 0 Å². The third-order valence-electron chi connectivity index (χ3n) is 9.26. The topological polar surface area (TPSA) is 177 Å². The number of amides is 1. The molecule has 51 heavy (non-hydrogen) atoms. The molecule has 4 atom stereocenters. The largest absolute Gasteiger partial charge is 0.481 e. The number of allylic oxidation sites excluding steroid dienone is 1. The Morgan fingerprint density at radius 2 is 1.53 bits per heavy atom. The third kappa shape index (κ3) is 8.01. The second-order valence-electron chi connectivity index (χ2n) is 12.5. The fourth-order valence-electron chi connectivity index (χ4n) is 6.54. The molecule has 0 spiro atoms. The van der Waals surface area contributed by atoms with Crippen molar-refractivity contribution >= 4 is 51.8 Å². The second-order valence-corrected chi connectivity index (χ2v) is 12.5. The van der Waals surface area contributed by atoms with Crippen molar-refractivity contribution in [2.75, 3.05) is 6.79 Å². The molecule has 1 aliphatic rings. The van der Waals surface area contributed by atoms with E-state index >= 15 is 0 Å². The Morgan fingerprint density at radius 3 is 2.27 bits per heavy atom. The van der Waals surface area contributed by atoms with Gasteiger partial charge in [-0.15, -0.1) is 0 Å². The smallest absolute Gasteiger partial charge is 0.307 e. The van der Waals surface area contributed by atoms with E-state index in [-0.39, 0.29) is 19.3 Å². The van der Waals surface area contributed by atoms with Crippen LogP contribution in [0.5, 0.6) is 11.5 Å². The second kappa shape index (κ2) is 15.2. The minimum absolute atomic E-state index is 0.0703. The first-order valence-corrected chi connectivity index (χ1v) is 16.4. The molecule has 1 aliphatic heterocycles. The van der Waals surface area contributed by atoms with Gasteiger partial charge < -0.3 is 34.1 Å². The van der Waals surface area contributed by atoms with Crippen LogP contribution in [0.2, 0.25) is 0 Å². The fourth-order valence-corrected chi connectivity index (χ4v) is 6.54. The highest BCUT2D eigenvalue weighted by molar-refractivity contribution is 5.88. The Bertz CT molecular complexity index is 2090. The van der Waals surface area contributed by atoms with E-state index in [2.05, 4.69) is 4.98 Å². The number of oxazole rings is 1. The van der Waals surface area contributed by atoms with Crippen molar-refractivity contribution in [1.82, 2.24) is 9.88 Å². The Hall–Kier alpha value is -6.17. The SMILES string of the molecule is CC(C(CC=Cc1nc2ccccc2o1)c1ccc2c(c1)OCO2)N(Cc1ccc2ccccc2c1)C(=O)CC(C(=O)O)C(CC(=O)O)C(=O)O. The normalized spacial score (nSPS) is 14.7. The van der Waals surface area contributed by atoms with Crippen LogP contribution in [0.1, 0.15) is 49.1 Å². The third-order valence-corrected chi connectivity index (χ3v) is 9.26. The number of carbonyl (C=O) groups is 4. The number of carboxylic acids is 3. The number of ether oxygens (including phenoxy) is 2. The standard InChI is InChI=1S/C39H36N2O10/c1-23(28(27-15-16-33-34(18-27)50-22-49-33)9-6-12-35-40-31-10-4-5-11-32(31)51-35)41(21-24-13-14-25-7-2-3-8-26(25)17-24)36(42)19-29(38(45)46)30(39(47)48)20-37(43)44/h2-8,10-18,23,28-30H,9,19-22H2,1H3,(H,43,44)(H,45,46)(H,47,48). The van der Waals surface area contributed by atoms with Gasteiger partial charge in [-0.05, 0) is 71.7 Å². The number of carboxylic acid groups (broad SMARTS) is 3. The van der Waals surface area contributed by atoms with Crippen LogP contribution < -0.4 is 9.47 Å². The van der Waals surface area contributed by atoms with Crippen molar-refractivity contribution in [2.45, 2.75) is 44.7 Å². The maximum Gasteiger partial charge on any atom is 0.307 e. The summed E-state index contributed by atoms with van der Waals surface area (Å²) in [6.45, 7) is 1.99. The molecule has 0 saturated carbocycles. The summed E-state index contributed by atoms with van der Waals surface area (Å²) >= 11 is 0. The Labute approximate surface area is 292 Å². The summed E-state index contributed by atoms with van der Waals surface area (Å²) in [5.41, 5.74) is 2.93. The molecule has 4 aromatic carbocycles. The zero-order chi connectivity index (χ0) is 36.1. The molecular weight excluding hydrogens is 656 g/mol. The lowest BCUT2D eigenvalue weighted by atomic mass is 9.84. The molecule has 262 valence electrons. The van der Waals surface area contributed by atoms with E-state index in [1.165, 1.54) is 0 Å². The number of carbonyl (C=O) groups excluding carboxylic acids is 1. The molecule has 0 aliphatic carbocycles. The van der Waals surface area contributed by atoms with E-state index in [1.54, 1.807) is 17.0 Å². The summed E-state index contributed by atoms with van der Waals surface area (Å²) in [5.74, 6) is -7.72. The molecule has 12 heteroatoms. The van der Waals surface area contributed by atoms with Crippen LogP contribution in [0, 0.1) is 11.8 Å². The van der Waals surface area contributed by atoms with E-state index in [9.17, 15) is 34.5 Å². The Balaban J connectivity index is 1.37. The van der Waals surface area contributed by atoms with Crippen molar-refractivity contribution in [1.29, 1.82) is 0 Å². The molecule has 1 amide bonds. The maximum absolute atomic E-state index is 14.3. The van der Waals surface area contributed by atoms with E-state index in [4.69, 9.17) is 13.9 Å².